The van der Waals surface area contributed by atoms with Gasteiger partial charge in [-0.2, -0.15) is 0 Å². The summed E-state index contributed by atoms with van der Waals surface area (Å²) in [5.41, 5.74) is 10.2. The number of phenols is 1. The summed E-state index contributed by atoms with van der Waals surface area (Å²) >= 11 is 0. The number of nitrogens with one attached hydrogen (secondary N) is 2. The summed E-state index contributed by atoms with van der Waals surface area (Å²) in [6, 6.07) is 22.7. The zero-order chi connectivity index (χ0) is 37.4. The fourth-order valence-corrected chi connectivity index (χ4v) is 6.26. The number of aromatic nitrogens is 1. The molecule has 279 valence electrons. The summed E-state index contributed by atoms with van der Waals surface area (Å²) < 4.78 is 0. The quantitative estimate of drug-likeness (QED) is 0.114. The predicted octanol–water partition coefficient (Wildman–Crippen LogP) is 11.2. The third-order valence-corrected chi connectivity index (χ3v) is 9.15. The third-order valence-electron chi connectivity index (χ3n) is 9.15. The smallest absolute Gasteiger partial charge is 0.335 e. The monoisotopic (exact) mass is 739 g/mol. The summed E-state index contributed by atoms with van der Waals surface area (Å²) in [6.45, 7) is 26.1. The summed E-state index contributed by atoms with van der Waals surface area (Å²) in [6.07, 6.45) is 0. The second-order valence-electron chi connectivity index (χ2n) is 14.8. The molecule has 2 atom stereocenters. The molecule has 0 aliphatic carbocycles. The van der Waals surface area contributed by atoms with Crippen molar-refractivity contribution in [3.8, 4) is 11.5 Å². The van der Waals surface area contributed by atoms with Crippen LogP contribution in [0.25, 0.3) is 0 Å². The standard InChI is InChI=1S/C33H47N3.C10H12O4.Co/c1-20(2)26-14-11-15-27(21(3)4)32(26)34-24(9)30-18-13-19-31(36-30)25(10)35-33-28(22(5)6)16-12-17-29(33)23(7)8;1-5(2)6-3-4-7(11)9(12)8(6)10(13)14;/h11-25,34-35H,1-10H3;3-5,11-12H,1-2H3,(H,13,14);/p-1. The number of phenolic OH excluding ortho intramolecular Hbond substituents is 1. The molecule has 0 spiro atoms. The number of aromatic hydroxyl groups is 1. The van der Waals surface area contributed by atoms with E-state index in [4.69, 9.17) is 15.2 Å². The Morgan fingerprint density at radius 2 is 0.902 bits per heavy atom. The van der Waals surface area contributed by atoms with Gasteiger partial charge in [0.25, 0.3) is 0 Å². The number of carboxylic acids is 1. The van der Waals surface area contributed by atoms with Crippen LogP contribution in [0.3, 0.4) is 0 Å². The van der Waals surface area contributed by atoms with Crippen LogP contribution in [-0.2, 0) is 16.8 Å². The number of hydrogen-bond acceptors (Lipinski definition) is 6. The van der Waals surface area contributed by atoms with E-state index in [-0.39, 0.29) is 40.3 Å². The van der Waals surface area contributed by atoms with Crippen molar-refractivity contribution in [1.82, 2.24) is 4.98 Å². The molecule has 0 saturated carbocycles. The van der Waals surface area contributed by atoms with E-state index in [1.165, 1.54) is 45.8 Å². The Bertz CT molecular complexity index is 1610. The molecule has 51 heavy (non-hydrogen) atoms. The molecule has 0 aliphatic rings. The van der Waals surface area contributed by atoms with Gasteiger partial charge in [0.15, 0.2) is 0 Å². The van der Waals surface area contributed by atoms with Gasteiger partial charge >= 0.3 is 5.97 Å². The van der Waals surface area contributed by atoms with E-state index >= 15 is 0 Å². The first-order valence-electron chi connectivity index (χ1n) is 18.0. The van der Waals surface area contributed by atoms with Crippen LogP contribution in [0.4, 0.5) is 11.4 Å². The number of carboxylic acid groups (broad SMARTS) is 1. The maximum atomic E-state index is 11.3. The van der Waals surface area contributed by atoms with Gasteiger partial charge in [0.1, 0.15) is 5.75 Å². The Hall–Kier alpha value is -4.01. The van der Waals surface area contributed by atoms with Crippen LogP contribution < -0.4 is 15.7 Å². The second kappa shape index (κ2) is 19.0. The van der Waals surface area contributed by atoms with Crippen molar-refractivity contribution in [2.24, 2.45) is 0 Å². The number of nitrogens with zero attached hydrogens (tertiary/aromatic N) is 1. The van der Waals surface area contributed by atoms with Gasteiger partial charge in [-0.1, -0.05) is 124 Å². The van der Waals surface area contributed by atoms with Gasteiger partial charge in [-0.3, -0.25) is 4.98 Å². The molecule has 0 bridgehead atoms. The predicted molar refractivity (Wildman–Crippen MR) is 206 cm³/mol. The largest absolute Gasteiger partial charge is 0.869 e. The topological polar surface area (TPSA) is 118 Å². The van der Waals surface area contributed by atoms with Crippen molar-refractivity contribution >= 4 is 17.3 Å². The molecule has 0 aliphatic heterocycles. The number of rotatable bonds is 12. The van der Waals surface area contributed by atoms with Crippen molar-refractivity contribution in [2.75, 3.05) is 10.6 Å². The number of benzene rings is 3. The van der Waals surface area contributed by atoms with Gasteiger partial charge in [-0.05, 0) is 89.5 Å². The maximum Gasteiger partial charge on any atom is 0.335 e. The molecule has 0 fully saturated rings. The first-order valence-corrected chi connectivity index (χ1v) is 18.0. The van der Waals surface area contributed by atoms with E-state index in [9.17, 15) is 9.90 Å². The van der Waals surface area contributed by atoms with Crippen LogP contribution in [0.15, 0.2) is 66.7 Å². The van der Waals surface area contributed by atoms with Gasteiger partial charge in [-0.15, -0.1) is 0 Å². The fraction of sp³-hybridized carbons (Fsp3) is 0.442. The molecule has 3 aromatic carbocycles. The second-order valence-corrected chi connectivity index (χ2v) is 14.8. The molecular formula is C43H58CoN3O4-. The Morgan fingerprint density at radius 3 is 1.22 bits per heavy atom. The van der Waals surface area contributed by atoms with Crippen molar-refractivity contribution in [3.05, 3.63) is 111 Å². The molecule has 1 radical (unpaired) electrons. The first-order chi connectivity index (χ1) is 23.5. The van der Waals surface area contributed by atoms with Crippen LogP contribution >= 0.6 is 0 Å². The molecule has 2 unspecified atom stereocenters. The number of para-hydroxylation sites is 2. The summed E-state index contributed by atoms with van der Waals surface area (Å²) in [5, 5.41) is 36.9. The molecular weight excluding hydrogens is 681 g/mol. The molecule has 0 amide bonds. The van der Waals surface area contributed by atoms with Gasteiger partial charge in [0, 0.05) is 28.2 Å². The molecule has 4 rings (SSSR count). The number of aromatic carboxylic acids is 1. The summed E-state index contributed by atoms with van der Waals surface area (Å²) in [5.74, 6) is -0.869. The number of pyridine rings is 1. The van der Waals surface area contributed by atoms with Gasteiger partial charge < -0.3 is 26.0 Å². The SMILES string of the molecule is CC(C)c1ccc(O)c([O-])c1C(=O)O.CC(C)c1cccc(C(C)C)c1NC(C)c1cccc(C(C)Nc2c(C(C)C)cccc2C(C)C)n1.[Co]. The molecule has 4 N–H and O–H groups in total. The van der Waals surface area contributed by atoms with Crippen LogP contribution in [0.2, 0.25) is 0 Å². The van der Waals surface area contributed by atoms with Crippen LogP contribution in [-0.4, -0.2) is 21.2 Å². The average Bonchev–Trinajstić information content (AvgIpc) is 3.05. The fourth-order valence-electron chi connectivity index (χ4n) is 6.26. The minimum Gasteiger partial charge on any atom is -0.869 e. The van der Waals surface area contributed by atoms with Gasteiger partial charge in [0.05, 0.1) is 29.0 Å². The molecule has 1 heterocycles. The zero-order valence-electron chi connectivity index (χ0n) is 32.4. The van der Waals surface area contributed by atoms with Crippen LogP contribution in [0.1, 0.15) is 174 Å². The first kappa shape index (κ1) is 43.2. The van der Waals surface area contributed by atoms with Crippen molar-refractivity contribution in [1.29, 1.82) is 0 Å². The van der Waals surface area contributed by atoms with Gasteiger partial charge in [-0.25, -0.2) is 4.79 Å². The molecule has 1 aromatic heterocycles. The van der Waals surface area contributed by atoms with Crippen molar-refractivity contribution in [3.63, 3.8) is 0 Å². The Kier molecular flexibility index (Phi) is 16.1. The third kappa shape index (κ3) is 10.7. The Labute approximate surface area is 316 Å². The van der Waals surface area contributed by atoms with E-state index in [2.05, 4.69) is 134 Å². The summed E-state index contributed by atoms with van der Waals surface area (Å²) in [4.78, 5) is 15.9. The summed E-state index contributed by atoms with van der Waals surface area (Å²) in [7, 11) is 0. The minimum absolute atomic E-state index is 0. The Balaban J connectivity index is 0.000000505. The van der Waals surface area contributed by atoms with Crippen LogP contribution in [0.5, 0.6) is 11.5 Å². The van der Waals surface area contributed by atoms with E-state index in [0.29, 0.717) is 29.2 Å². The van der Waals surface area contributed by atoms with E-state index in [0.717, 1.165) is 11.4 Å². The number of anilines is 2. The average molecular weight is 740 g/mol. The number of carbonyl (C=O) groups is 1. The normalized spacial score (nSPS) is 12.4. The van der Waals surface area contributed by atoms with E-state index < -0.39 is 17.5 Å². The van der Waals surface area contributed by atoms with E-state index in [1.54, 1.807) is 13.8 Å². The molecule has 4 aromatic rings. The van der Waals surface area contributed by atoms with E-state index in [1.807, 2.05) is 0 Å². The van der Waals surface area contributed by atoms with Crippen LogP contribution in [0, 0.1) is 0 Å². The van der Waals surface area contributed by atoms with Crippen molar-refractivity contribution in [2.45, 2.75) is 125 Å². The van der Waals surface area contributed by atoms with Gasteiger partial charge in [0.2, 0.25) is 0 Å². The minimum atomic E-state index is -1.30. The Morgan fingerprint density at radius 1 is 0.569 bits per heavy atom. The molecule has 0 saturated heterocycles. The number of hydrogen-bond donors (Lipinski definition) is 4. The molecule has 8 heteroatoms. The molecule has 7 nitrogen and oxygen atoms in total. The maximum absolute atomic E-state index is 11.3. The zero-order valence-corrected chi connectivity index (χ0v) is 33.4. The van der Waals surface area contributed by atoms with Crippen molar-refractivity contribution < 1.29 is 36.9 Å².